The molecule has 75 heavy (non-hydrogen) atoms. The van der Waals surface area contributed by atoms with Crippen molar-refractivity contribution in [2.75, 3.05) is 43.9 Å². The first-order valence-electron chi connectivity index (χ1n) is 25.1. The van der Waals surface area contributed by atoms with E-state index in [4.69, 9.17) is 25.9 Å². The van der Waals surface area contributed by atoms with Crippen LogP contribution >= 0.6 is 0 Å². The smallest absolute Gasteiger partial charge is 0.408 e. The number of aromatic nitrogens is 3. The number of carboxylic acid groups (broad SMARTS) is 1. The van der Waals surface area contributed by atoms with Gasteiger partial charge in [-0.1, -0.05) is 50.6 Å². The number of hydrogen-bond acceptors (Lipinski definition) is 13. The first-order chi connectivity index (χ1) is 35.5. The summed E-state index contributed by atoms with van der Waals surface area (Å²) in [6.45, 7) is 13.7. The monoisotopic (exact) mass is 1040 g/mol. The summed E-state index contributed by atoms with van der Waals surface area (Å²) >= 11 is 0. The van der Waals surface area contributed by atoms with Crippen molar-refractivity contribution in [2.24, 2.45) is 11.7 Å². The highest BCUT2D eigenvalue weighted by molar-refractivity contribution is 6.13. The number of anilines is 2. The number of primary amides is 1. The van der Waals surface area contributed by atoms with Gasteiger partial charge in [0, 0.05) is 55.9 Å². The maximum atomic E-state index is 13.7. The van der Waals surface area contributed by atoms with Gasteiger partial charge in [-0.15, -0.1) is 0 Å². The Morgan fingerprint density at radius 2 is 1.55 bits per heavy atom. The molecule has 2 atom stereocenters. The molecule has 10 N–H and O–H groups in total. The van der Waals surface area contributed by atoms with E-state index in [-0.39, 0.29) is 82.3 Å². The maximum absolute atomic E-state index is 13.7. The van der Waals surface area contributed by atoms with E-state index >= 15 is 0 Å². The van der Waals surface area contributed by atoms with Gasteiger partial charge in [0.2, 0.25) is 23.6 Å². The van der Waals surface area contributed by atoms with Crippen LogP contribution in [0.1, 0.15) is 98.4 Å². The highest BCUT2D eigenvalue weighted by atomic mass is 16.5. The number of hydrogen-bond donors (Lipinski definition) is 8. The lowest BCUT2D eigenvalue weighted by Gasteiger charge is -2.35. The fourth-order valence-electron chi connectivity index (χ4n) is 8.46. The minimum atomic E-state index is -1.54. The summed E-state index contributed by atoms with van der Waals surface area (Å²) < 4.78 is 14.1. The van der Waals surface area contributed by atoms with E-state index in [0.29, 0.717) is 60.8 Å². The molecule has 0 unspecified atom stereocenters. The number of carbonyl (C=O) groups is 8. The number of urea groups is 1. The predicted molar refractivity (Wildman–Crippen MR) is 280 cm³/mol. The van der Waals surface area contributed by atoms with E-state index < -0.39 is 53.1 Å². The number of imide groups is 1. The number of nitrogens with two attached hydrogens (primary N) is 2. The van der Waals surface area contributed by atoms with Crippen LogP contribution in [0.2, 0.25) is 0 Å². The highest BCUT2D eigenvalue weighted by Gasteiger charge is 2.38. The normalized spacial score (nSPS) is 13.5. The molecule has 23 heteroatoms. The number of pyridine rings is 1. The quantitative estimate of drug-likeness (QED) is 0.0281. The number of unbranched alkanes of at least 4 members (excludes halogenated alkanes) is 2. The molecule has 0 fully saturated rings. The fraction of sp³-hybridized carbons (Fsp3) is 0.500. The third-order valence-electron chi connectivity index (χ3n) is 12.6. The van der Waals surface area contributed by atoms with Gasteiger partial charge in [-0.2, -0.15) is 0 Å². The van der Waals surface area contributed by atoms with Gasteiger partial charge in [0.1, 0.15) is 35.6 Å². The lowest BCUT2D eigenvalue weighted by atomic mass is 10.0. The second-order valence-electron chi connectivity index (χ2n) is 19.7. The van der Waals surface area contributed by atoms with Crippen molar-refractivity contribution >= 4 is 81.0 Å². The number of rotatable bonds is 29. The summed E-state index contributed by atoms with van der Waals surface area (Å²) in [6.07, 6.45) is 3.06. The number of ether oxygens (including phenoxy) is 2. The van der Waals surface area contributed by atoms with Gasteiger partial charge in [-0.25, -0.2) is 19.6 Å². The second-order valence-corrected chi connectivity index (χ2v) is 19.7. The summed E-state index contributed by atoms with van der Waals surface area (Å²) in [5.74, 6) is -2.27. The summed E-state index contributed by atoms with van der Waals surface area (Å²) in [7, 11) is 0. The van der Waals surface area contributed by atoms with Crippen molar-refractivity contribution < 1.29 is 52.9 Å². The molecule has 3 heterocycles. The number of nitrogens with zero attached hydrogens (tertiary/aromatic N) is 5. The molecule has 0 spiro atoms. The van der Waals surface area contributed by atoms with E-state index in [9.17, 15) is 43.5 Å². The van der Waals surface area contributed by atoms with Crippen LogP contribution in [0.15, 0.2) is 60.7 Å². The van der Waals surface area contributed by atoms with E-state index in [1.165, 1.54) is 26.0 Å². The Morgan fingerprint density at radius 3 is 2.20 bits per heavy atom. The number of benzene rings is 2. The number of imidazole rings is 1. The zero-order valence-corrected chi connectivity index (χ0v) is 43.8. The molecule has 1 aliphatic rings. The van der Waals surface area contributed by atoms with Gasteiger partial charge in [0.25, 0.3) is 11.8 Å². The molecule has 1 aliphatic heterocycles. The summed E-state index contributed by atoms with van der Waals surface area (Å²) in [4.78, 5) is 113. The maximum Gasteiger partial charge on any atom is 0.408 e. The van der Waals surface area contributed by atoms with Crippen LogP contribution in [-0.4, -0.2) is 133 Å². The molecule has 2 aromatic carbocycles. The van der Waals surface area contributed by atoms with E-state index in [0.717, 1.165) is 26.2 Å². The molecule has 406 valence electrons. The molecule has 23 nitrogen and oxygen atoms in total. The molecule has 0 saturated carbocycles. The zero-order chi connectivity index (χ0) is 55.0. The van der Waals surface area contributed by atoms with Gasteiger partial charge in [0.05, 0.1) is 36.3 Å². The second kappa shape index (κ2) is 26.5. The van der Waals surface area contributed by atoms with Gasteiger partial charge in [-0.05, 0) is 90.0 Å². The number of amides is 9. The topological polar surface area (TPSA) is 325 Å². The van der Waals surface area contributed by atoms with Crippen LogP contribution in [-0.2, 0) is 57.9 Å². The Balaban J connectivity index is 1.15. The van der Waals surface area contributed by atoms with Crippen LogP contribution in [0.4, 0.5) is 21.1 Å². The first-order valence-corrected chi connectivity index (χ1v) is 25.1. The number of fused-ring (bicyclic) bond motifs is 3. The van der Waals surface area contributed by atoms with E-state index in [2.05, 4.69) is 31.6 Å². The van der Waals surface area contributed by atoms with Gasteiger partial charge in [-0.3, -0.25) is 38.6 Å². The Labute approximate surface area is 435 Å². The number of nitrogen functional groups attached to an aromatic ring is 1. The Hall–Kier alpha value is -7.66. The van der Waals surface area contributed by atoms with Crippen molar-refractivity contribution in [3.63, 3.8) is 0 Å². The highest BCUT2D eigenvalue weighted by Crippen LogP contribution is 2.31. The average molecular weight is 1040 g/mol. The molecule has 4 aromatic rings. The third kappa shape index (κ3) is 16.2. The molecule has 0 radical (unpaired) electrons. The molecule has 0 aliphatic carbocycles. The number of carbonyl (C=O) groups excluding carboxylic acids is 7. The zero-order valence-electron chi connectivity index (χ0n) is 43.8. The molecule has 2 aromatic heterocycles. The van der Waals surface area contributed by atoms with Crippen LogP contribution < -0.4 is 38.1 Å². The Bertz CT molecular complexity index is 2720. The SMILES string of the molecule is CCOCc1nc2c(N)nc3ccccc3c2n1CC(C)(C)OCCNC(=O)C(C)(C)N(Cc1ccc(NC(=O)[C@H](CCCNC(N)=O)NC(=O)[C@@H](NC(=O)CCCCCN2C(=O)C=CC2=O)C(C)C)cc1)C(=O)O. The molecular formula is C52H72N12O11. The van der Waals surface area contributed by atoms with Gasteiger partial charge in [0.15, 0.2) is 5.82 Å². The summed E-state index contributed by atoms with van der Waals surface area (Å²) in [5, 5.41) is 24.8. The molecule has 9 amide bonds. The van der Waals surface area contributed by atoms with Gasteiger partial charge < -0.3 is 57.2 Å². The minimum Gasteiger partial charge on any atom is -0.465 e. The molecule has 0 bridgehead atoms. The van der Waals surface area contributed by atoms with Crippen molar-refractivity contribution in [2.45, 2.75) is 130 Å². The van der Waals surface area contributed by atoms with Crippen LogP contribution in [0.5, 0.6) is 0 Å². The number of para-hydroxylation sites is 1. The third-order valence-corrected chi connectivity index (χ3v) is 12.6. The van der Waals surface area contributed by atoms with E-state index in [1.807, 2.05) is 49.6 Å². The largest absolute Gasteiger partial charge is 0.465 e. The standard InChI is InChI=1S/C52H72N12O11/c1-8-74-30-38-60-43-44(35-15-11-12-16-36(35)58-45(43)53)63(38)31-51(4,5)75-28-26-55-48(70)52(6,7)64(50(72)73)29-33-19-21-34(22-20-33)57-46(68)37(17-14-25-56-49(54)71)59-47(69)42(32(2)3)61-39(65)18-10-9-13-27-62-40(66)23-24-41(62)67/h11-12,15-16,19-24,32,37,42H,8-10,13-14,17-18,25-31H2,1-7H3,(H2,53,58)(H,55,70)(H,57,68)(H,59,69)(H,61,65)(H,72,73)(H3,54,56,71)/t37-,42-/m0/s1. The van der Waals surface area contributed by atoms with E-state index in [1.54, 1.807) is 38.1 Å². The van der Waals surface area contributed by atoms with Crippen molar-refractivity contribution in [3.8, 4) is 0 Å². The Morgan fingerprint density at radius 1 is 0.853 bits per heavy atom. The van der Waals surface area contributed by atoms with Crippen molar-refractivity contribution in [3.05, 3.63) is 72.1 Å². The first kappa shape index (κ1) is 58.2. The van der Waals surface area contributed by atoms with Crippen LogP contribution in [0.3, 0.4) is 0 Å². The Kier molecular flexibility index (Phi) is 20.6. The summed E-state index contributed by atoms with van der Waals surface area (Å²) in [5.41, 5.74) is 12.2. The average Bonchev–Trinajstić information content (AvgIpc) is 3.88. The van der Waals surface area contributed by atoms with Crippen LogP contribution in [0.25, 0.3) is 21.9 Å². The van der Waals surface area contributed by atoms with Crippen LogP contribution in [0, 0.1) is 5.92 Å². The minimum absolute atomic E-state index is 0.0778. The number of nitrogens with one attached hydrogen (secondary N) is 5. The lowest BCUT2D eigenvalue weighted by Crippen LogP contribution is -2.56. The van der Waals surface area contributed by atoms with Gasteiger partial charge >= 0.3 is 12.1 Å². The lowest BCUT2D eigenvalue weighted by molar-refractivity contribution is -0.137. The van der Waals surface area contributed by atoms with Crippen molar-refractivity contribution in [1.29, 1.82) is 0 Å². The summed E-state index contributed by atoms with van der Waals surface area (Å²) in [6, 6.07) is 11.1. The fourth-order valence-corrected chi connectivity index (χ4v) is 8.46. The van der Waals surface area contributed by atoms with Crippen molar-refractivity contribution in [1.82, 2.24) is 45.6 Å². The predicted octanol–water partition coefficient (Wildman–Crippen LogP) is 4.07. The molecule has 0 saturated heterocycles. The molecule has 5 rings (SSSR count). The molecular weight excluding hydrogens is 969 g/mol.